The van der Waals surface area contributed by atoms with Crippen molar-refractivity contribution in [2.24, 2.45) is 0 Å². The van der Waals surface area contributed by atoms with E-state index in [9.17, 15) is 5.21 Å². The van der Waals surface area contributed by atoms with Crippen LogP contribution in [0.3, 0.4) is 0 Å². The minimum Gasteiger partial charge on any atom is -0.622 e. The van der Waals surface area contributed by atoms with E-state index in [0.29, 0.717) is 0 Å². The fourth-order valence-electron chi connectivity index (χ4n) is 2.26. The third-order valence-electron chi connectivity index (χ3n) is 3.22. The van der Waals surface area contributed by atoms with Crippen molar-refractivity contribution in [3.8, 4) is 0 Å². The van der Waals surface area contributed by atoms with E-state index in [-0.39, 0.29) is 10.9 Å². The second-order valence-corrected chi connectivity index (χ2v) is 7.64. The second-order valence-electron chi connectivity index (χ2n) is 5.36. The molecule has 1 fully saturated rings. The number of thiocarbonyl (C=S) groups is 1. The molecule has 1 aromatic rings. The zero-order chi connectivity index (χ0) is 14.2. The van der Waals surface area contributed by atoms with E-state index in [0.717, 1.165) is 14.6 Å². The number of hydrogen-bond donors (Lipinski definition) is 0. The summed E-state index contributed by atoms with van der Waals surface area (Å²) in [4.78, 5) is 1.87. The lowest BCUT2D eigenvalue weighted by Gasteiger charge is -2.27. The molecular weight excluding hydrogens is 276 g/mol. The van der Waals surface area contributed by atoms with Gasteiger partial charge in [0.1, 0.15) is 9.07 Å². The summed E-state index contributed by atoms with van der Waals surface area (Å²) in [5.41, 5.74) is 2.09. The summed E-state index contributed by atoms with van der Waals surface area (Å²) < 4.78 is 1.57. The van der Waals surface area contributed by atoms with Crippen molar-refractivity contribution in [3.63, 3.8) is 0 Å². The van der Waals surface area contributed by atoms with Crippen LogP contribution in [-0.4, -0.2) is 38.1 Å². The lowest BCUT2D eigenvalue weighted by molar-refractivity contribution is -0.522. The van der Waals surface area contributed by atoms with Crippen LogP contribution in [0.2, 0.25) is 0 Å². The number of benzene rings is 1. The summed E-state index contributed by atoms with van der Waals surface area (Å²) in [5, 5.41) is 12.4. The van der Waals surface area contributed by atoms with Crippen LogP contribution in [0.1, 0.15) is 25.0 Å². The Balaban J connectivity index is 2.30. The monoisotopic (exact) mass is 294 g/mol. The number of hydrogen-bond acceptors (Lipinski definition) is 3. The maximum absolute atomic E-state index is 12.4. The quantitative estimate of drug-likeness (QED) is 0.276. The molecule has 0 saturated carbocycles. The average Bonchev–Trinajstić information content (AvgIpc) is 2.51. The first-order chi connectivity index (χ1) is 8.81. The maximum atomic E-state index is 12.4. The van der Waals surface area contributed by atoms with E-state index < -0.39 is 0 Å². The van der Waals surface area contributed by atoms with Gasteiger partial charge in [-0.15, -0.1) is 0 Å². The van der Waals surface area contributed by atoms with Gasteiger partial charge in [0.15, 0.2) is 6.21 Å². The highest BCUT2D eigenvalue weighted by Gasteiger charge is 2.48. The molecule has 5 heteroatoms. The van der Waals surface area contributed by atoms with Crippen molar-refractivity contribution < 1.29 is 4.74 Å². The molecule has 1 aromatic carbocycles. The molecule has 2 rings (SSSR count). The van der Waals surface area contributed by atoms with Gasteiger partial charge < -0.3 is 10.1 Å². The van der Waals surface area contributed by atoms with Gasteiger partial charge in [-0.05, 0) is 32.9 Å². The molecule has 1 saturated heterocycles. The maximum Gasteiger partial charge on any atom is 0.254 e. The smallest absolute Gasteiger partial charge is 0.254 e. The summed E-state index contributed by atoms with van der Waals surface area (Å²) in [6.07, 6.45) is 1.36. The topological polar surface area (TPSA) is 29.3 Å². The van der Waals surface area contributed by atoms with Gasteiger partial charge >= 0.3 is 0 Å². The van der Waals surface area contributed by atoms with E-state index in [1.165, 1.54) is 5.56 Å². The van der Waals surface area contributed by atoms with Crippen molar-refractivity contribution in [3.05, 3.63) is 40.6 Å². The molecule has 0 radical (unpaired) electrons. The third-order valence-corrected chi connectivity index (χ3v) is 4.96. The largest absolute Gasteiger partial charge is 0.622 e. The zero-order valence-electron chi connectivity index (χ0n) is 11.6. The fourth-order valence-corrected chi connectivity index (χ4v) is 4.07. The Morgan fingerprint density at radius 3 is 2.42 bits per heavy atom. The molecule has 1 heterocycles. The molecule has 19 heavy (non-hydrogen) atoms. The predicted molar refractivity (Wildman–Crippen MR) is 85.8 cm³/mol. The van der Waals surface area contributed by atoms with Gasteiger partial charge in [-0.2, -0.15) is 4.74 Å². The zero-order valence-corrected chi connectivity index (χ0v) is 13.2. The van der Waals surface area contributed by atoms with Gasteiger partial charge in [-0.3, -0.25) is 0 Å². The Labute approximate surface area is 123 Å². The van der Waals surface area contributed by atoms with Gasteiger partial charge in [0.25, 0.3) is 6.17 Å². The number of nitrogens with zero attached hydrogens (tertiary/aromatic N) is 2. The van der Waals surface area contributed by atoms with Crippen LogP contribution in [0, 0.1) is 12.1 Å². The van der Waals surface area contributed by atoms with Gasteiger partial charge in [0.2, 0.25) is 0 Å². The van der Waals surface area contributed by atoms with Crippen LogP contribution < -0.4 is 0 Å². The molecule has 102 valence electrons. The number of rotatable bonds is 2. The lowest BCUT2D eigenvalue weighted by Crippen LogP contribution is -2.46. The van der Waals surface area contributed by atoms with Crippen LogP contribution in [0.4, 0.5) is 0 Å². The molecule has 0 aliphatic carbocycles. The molecule has 0 bridgehead atoms. The summed E-state index contributed by atoms with van der Waals surface area (Å²) in [5.74, 6) is 0. The third kappa shape index (κ3) is 2.92. The highest BCUT2D eigenvalue weighted by molar-refractivity contribution is 8.24. The predicted octanol–water partition coefficient (Wildman–Crippen LogP) is 2.99. The molecule has 0 spiro atoms. The molecule has 1 unspecified atom stereocenters. The first-order valence-electron chi connectivity index (χ1n) is 6.14. The standard InChI is InChI=1S/C14H18N2OS2/c1-10-5-7-11(8-6-10)9-16(17)12-14(2,3)19-13(18)15(12)4/h5-9,12H,1-4H3/b16-9-. The fraction of sp³-hybridized carbons (Fsp3) is 0.429. The minimum atomic E-state index is -0.272. The SMILES string of the molecule is Cc1ccc(/C=[N+](\[O-])C2N(C)C(=S)SC2(C)C)cc1. The number of aryl methyl sites for hydroxylation is 1. The van der Waals surface area contributed by atoms with E-state index in [4.69, 9.17) is 12.2 Å². The molecular formula is C14H18N2OS2. The van der Waals surface area contributed by atoms with Crippen molar-refractivity contribution in [1.29, 1.82) is 0 Å². The van der Waals surface area contributed by atoms with E-state index >= 15 is 0 Å². The van der Waals surface area contributed by atoms with E-state index in [1.807, 2.05) is 57.0 Å². The molecule has 1 atom stereocenters. The Hall–Kier alpha value is -1.07. The molecule has 0 aromatic heterocycles. The van der Waals surface area contributed by atoms with Gasteiger partial charge in [-0.25, -0.2) is 0 Å². The highest BCUT2D eigenvalue weighted by Crippen LogP contribution is 2.40. The molecule has 0 N–H and O–H groups in total. The summed E-state index contributed by atoms with van der Waals surface area (Å²) in [7, 11) is 1.88. The Bertz CT molecular complexity index is 523. The summed E-state index contributed by atoms with van der Waals surface area (Å²) >= 11 is 6.85. The van der Waals surface area contributed by atoms with Crippen LogP contribution in [-0.2, 0) is 0 Å². The number of thioether (sulfide) groups is 1. The van der Waals surface area contributed by atoms with Crippen LogP contribution in [0.15, 0.2) is 24.3 Å². The second kappa shape index (κ2) is 5.13. The molecule has 3 nitrogen and oxygen atoms in total. The highest BCUT2D eigenvalue weighted by atomic mass is 32.2. The number of hydroxylamine groups is 1. The van der Waals surface area contributed by atoms with Crippen LogP contribution >= 0.6 is 24.0 Å². The van der Waals surface area contributed by atoms with Gasteiger partial charge in [0.05, 0.1) is 0 Å². The minimum absolute atomic E-state index is 0.214. The van der Waals surface area contributed by atoms with E-state index in [2.05, 4.69) is 0 Å². The Kier molecular flexibility index (Phi) is 3.87. The van der Waals surface area contributed by atoms with Gasteiger partial charge in [0, 0.05) is 12.6 Å². The average molecular weight is 294 g/mol. The van der Waals surface area contributed by atoms with Crippen LogP contribution in [0.5, 0.6) is 0 Å². The van der Waals surface area contributed by atoms with Crippen LogP contribution in [0.25, 0.3) is 0 Å². The Morgan fingerprint density at radius 1 is 1.37 bits per heavy atom. The first kappa shape index (κ1) is 14.3. The summed E-state index contributed by atoms with van der Waals surface area (Å²) in [6.45, 7) is 6.12. The Morgan fingerprint density at radius 2 is 1.95 bits per heavy atom. The summed E-state index contributed by atoms with van der Waals surface area (Å²) in [6, 6.07) is 7.91. The molecule has 0 amide bonds. The normalized spacial score (nSPS) is 22.9. The first-order valence-corrected chi connectivity index (χ1v) is 7.36. The van der Waals surface area contributed by atoms with Crippen molar-refractivity contribution in [1.82, 2.24) is 4.90 Å². The van der Waals surface area contributed by atoms with Crippen molar-refractivity contribution in [2.75, 3.05) is 7.05 Å². The van der Waals surface area contributed by atoms with Gasteiger partial charge in [-0.1, -0.05) is 41.7 Å². The van der Waals surface area contributed by atoms with Crippen molar-refractivity contribution in [2.45, 2.75) is 31.7 Å². The molecule has 1 aliphatic heterocycles. The van der Waals surface area contributed by atoms with Crippen molar-refractivity contribution >= 4 is 34.5 Å². The van der Waals surface area contributed by atoms with E-state index in [1.54, 1.807) is 18.0 Å². The molecule has 1 aliphatic rings. The lowest BCUT2D eigenvalue weighted by atomic mass is 10.1.